The topological polar surface area (TPSA) is 58.2 Å². The number of aromatic hydroxyl groups is 1. The van der Waals surface area contributed by atoms with Crippen LogP contribution in [0.2, 0.25) is 0 Å². The lowest BCUT2D eigenvalue weighted by atomic mass is 10.2. The van der Waals surface area contributed by atoms with E-state index in [1.54, 1.807) is 12.4 Å². The predicted molar refractivity (Wildman–Crippen MR) is 54.0 cm³/mol. The van der Waals surface area contributed by atoms with Gasteiger partial charge in [-0.05, 0) is 19.9 Å². The fourth-order valence-electron chi connectivity index (χ4n) is 1.65. The average Bonchev–Trinajstić information content (AvgIpc) is 2.16. The molecule has 1 aromatic carbocycles. The van der Waals surface area contributed by atoms with Crippen molar-refractivity contribution in [1.82, 2.24) is 0 Å². The van der Waals surface area contributed by atoms with Gasteiger partial charge >= 0.3 is 11.1 Å². The van der Waals surface area contributed by atoms with Gasteiger partial charge in [-0.15, -0.1) is 0 Å². The third-order valence-corrected chi connectivity index (χ3v) is 2.26. The van der Waals surface area contributed by atoms with Crippen molar-refractivity contribution in [2.75, 3.05) is 0 Å². The Kier molecular flexibility index (Phi) is 1.93. The molecule has 2 aromatic rings. The second-order valence-electron chi connectivity index (χ2n) is 3.65. The molecule has 1 N–H and O–H groups in total. The zero-order valence-corrected chi connectivity index (χ0v) is 8.44. The predicted octanol–water partition coefficient (Wildman–Crippen LogP) is -0.118. The molecule has 0 spiro atoms. The summed E-state index contributed by atoms with van der Waals surface area (Å²) in [5.74, 6) is -0.449. The van der Waals surface area contributed by atoms with Crippen LogP contribution in [-0.4, -0.2) is 5.11 Å². The monoisotopic (exact) mass is 204 g/mol. The Hall–Kier alpha value is -1.97. The molecule has 0 fully saturated rings. The van der Waals surface area contributed by atoms with Crippen LogP contribution in [0.3, 0.4) is 0 Å². The van der Waals surface area contributed by atoms with Gasteiger partial charge in [-0.3, -0.25) is 9.59 Å². The van der Waals surface area contributed by atoms with Crippen molar-refractivity contribution in [2.24, 2.45) is 0 Å². The molecule has 1 aromatic heterocycles. The minimum atomic E-state index is -0.809. The highest BCUT2D eigenvalue weighted by atomic mass is 16.3. The minimum Gasteiger partial charge on any atom is -0.499 e. The second-order valence-corrected chi connectivity index (χ2v) is 3.65. The van der Waals surface area contributed by atoms with Crippen molar-refractivity contribution < 1.29 is 9.67 Å². The van der Waals surface area contributed by atoms with E-state index in [0.29, 0.717) is 0 Å². The highest BCUT2D eigenvalue weighted by Crippen LogP contribution is 2.08. The van der Waals surface area contributed by atoms with Gasteiger partial charge in [0, 0.05) is 11.1 Å². The van der Waals surface area contributed by atoms with E-state index in [4.69, 9.17) is 0 Å². The molecule has 0 saturated carbocycles. The van der Waals surface area contributed by atoms with Crippen LogP contribution < -0.4 is 15.4 Å². The molecule has 0 amide bonds. The Bertz CT molecular complexity index is 586. The summed E-state index contributed by atoms with van der Waals surface area (Å²) in [6, 6.07) is 1.94. The van der Waals surface area contributed by atoms with Crippen molar-refractivity contribution in [1.29, 1.82) is 0 Å². The summed E-state index contributed by atoms with van der Waals surface area (Å²) < 4.78 is 1.49. The quantitative estimate of drug-likeness (QED) is 0.520. The summed E-state index contributed by atoms with van der Waals surface area (Å²) in [6.07, 6.45) is 3.39. The van der Waals surface area contributed by atoms with Crippen LogP contribution in [0.15, 0.2) is 28.0 Å². The van der Waals surface area contributed by atoms with Gasteiger partial charge in [0.05, 0.1) is 0 Å². The smallest absolute Gasteiger partial charge is 0.309 e. The van der Waals surface area contributed by atoms with Gasteiger partial charge in [-0.1, -0.05) is 0 Å². The largest absolute Gasteiger partial charge is 0.499 e. The van der Waals surface area contributed by atoms with Gasteiger partial charge in [0.25, 0.3) is 5.43 Å². The Labute approximate surface area is 85.7 Å². The first-order valence-electron chi connectivity index (χ1n) is 4.53. The van der Waals surface area contributed by atoms with Crippen LogP contribution in [0.1, 0.15) is 11.1 Å². The van der Waals surface area contributed by atoms with Crippen LogP contribution in [-0.2, 0) is 0 Å². The fraction of sp³-hybridized carbons (Fsp3) is 0.182. The number of aryl methyl sites for hydroxylation is 2. The van der Waals surface area contributed by atoms with Gasteiger partial charge in [-0.2, -0.15) is 4.57 Å². The molecule has 4 heteroatoms. The SMILES string of the molecule is Cc1cc(C)c[n+](-c2c(O)c(=O)c2=O)c1. The summed E-state index contributed by atoms with van der Waals surface area (Å²) in [5, 5.41) is 9.27. The number of hydrogen-bond acceptors (Lipinski definition) is 3. The van der Waals surface area contributed by atoms with E-state index in [0.717, 1.165) is 11.1 Å². The molecule has 0 aliphatic heterocycles. The second kappa shape index (κ2) is 3.02. The van der Waals surface area contributed by atoms with Crippen LogP contribution in [0.5, 0.6) is 5.75 Å². The third kappa shape index (κ3) is 1.34. The molecule has 4 nitrogen and oxygen atoms in total. The zero-order chi connectivity index (χ0) is 11.2. The zero-order valence-electron chi connectivity index (χ0n) is 8.44. The molecule has 0 aliphatic carbocycles. The van der Waals surface area contributed by atoms with Crippen molar-refractivity contribution in [3.05, 3.63) is 50.0 Å². The summed E-state index contributed by atoms with van der Waals surface area (Å²) in [5.41, 5.74) is 0.538. The van der Waals surface area contributed by atoms with E-state index in [9.17, 15) is 14.7 Å². The summed E-state index contributed by atoms with van der Waals surface area (Å²) in [4.78, 5) is 22.1. The van der Waals surface area contributed by atoms with Gasteiger partial charge < -0.3 is 5.11 Å². The summed E-state index contributed by atoms with van der Waals surface area (Å²) >= 11 is 0. The number of aromatic nitrogens is 1. The first kappa shape index (κ1) is 9.58. The molecule has 15 heavy (non-hydrogen) atoms. The van der Waals surface area contributed by atoms with Gasteiger partial charge in [-0.25, -0.2) is 0 Å². The molecule has 0 atom stereocenters. The van der Waals surface area contributed by atoms with E-state index in [-0.39, 0.29) is 5.69 Å². The van der Waals surface area contributed by atoms with E-state index < -0.39 is 16.6 Å². The molecule has 0 unspecified atom stereocenters. The van der Waals surface area contributed by atoms with Gasteiger partial charge in [0.2, 0.25) is 5.75 Å². The Balaban J connectivity index is 2.66. The lowest BCUT2D eigenvalue weighted by Crippen LogP contribution is -2.47. The lowest BCUT2D eigenvalue weighted by Gasteiger charge is -2.01. The first-order chi connectivity index (χ1) is 7.00. The van der Waals surface area contributed by atoms with Crippen molar-refractivity contribution in [2.45, 2.75) is 13.8 Å². The maximum atomic E-state index is 11.2. The highest BCUT2D eigenvalue weighted by molar-refractivity contribution is 5.44. The number of pyridine rings is 1. The third-order valence-electron chi connectivity index (χ3n) is 2.26. The summed E-state index contributed by atoms with van der Waals surface area (Å²) in [7, 11) is 0. The van der Waals surface area contributed by atoms with Crippen LogP contribution in [0.4, 0.5) is 0 Å². The maximum Gasteiger partial charge on any atom is 0.309 e. The molecule has 76 valence electrons. The first-order valence-corrected chi connectivity index (χ1v) is 4.53. The molecule has 2 rings (SSSR count). The maximum absolute atomic E-state index is 11.2. The van der Waals surface area contributed by atoms with Crippen LogP contribution >= 0.6 is 0 Å². The standard InChI is InChI=1S/C11H9NO3/c1-6-3-7(2)5-12(4-6)8-9(13)11(15)10(8)14/h3-5H,1-2H3/p+1. The number of nitrogens with zero attached hydrogens (tertiary/aromatic N) is 1. The summed E-state index contributed by atoms with van der Waals surface area (Å²) in [6.45, 7) is 3.76. The molecule has 0 aliphatic rings. The van der Waals surface area contributed by atoms with E-state index >= 15 is 0 Å². The number of hydrogen-bond donors (Lipinski definition) is 1. The molecule has 0 radical (unpaired) electrons. The highest BCUT2D eigenvalue weighted by Gasteiger charge is 2.29. The minimum absolute atomic E-state index is 0.0619. The Morgan fingerprint density at radius 1 is 1.07 bits per heavy atom. The molecule has 1 heterocycles. The Morgan fingerprint density at radius 2 is 1.60 bits per heavy atom. The van der Waals surface area contributed by atoms with Crippen LogP contribution in [0.25, 0.3) is 5.69 Å². The van der Waals surface area contributed by atoms with Crippen molar-refractivity contribution in [3.63, 3.8) is 0 Å². The number of rotatable bonds is 1. The fourth-order valence-corrected chi connectivity index (χ4v) is 1.65. The normalized spacial score (nSPS) is 10.8. The van der Waals surface area contributed by atoms with E-state index in [1.165, 1.54) is 4.57 Å². The molecule has 0 bridgehead atoms. The van der Waals surface area contributed by atoms with Gasteiger partial charge in [0.1, 0.15) is 0 Å². The molecule has 0 saturated heterocycles. The van der Waals surface area contributed by atoms with E-state index in [2.05, 4.69) is 0 Å². The lowest BCUT2D eigenvalue weighted by molar-refractivity contribution is -0.599. The van der Waals surface area contributed by atoms with Crippen molar-refractivity contribution >= 4 is 0 Å². The average molecular weight is 204 g/mol. The molecular formula is C11H10NO3+. The van der Waals surface area contributed by atoms with Crippen molar-refractivity contribution in [3.8, 4) is 11.4 Å². The van der Waals surface area contributed by atoms with Crippen LogP contribution in [0, 0.1) is 13.8 Å². The molecular weight excluding hydrogens is 194 g/mol. The van der Waals surface area contributed by atoms with Gasteiger partial charge in [0.15, 0.2) is 12.4 Å². The Morgan fingerprint density at radius 3 is 2.07 bits per heavy atom. The van der Waals surface area contributed by atoms with E-state index in [1.807, 2.05) is 19.9 Å².